The van der Waals surface area contributed by atoms with Crippen molar-refractivity contribution in [2.75, 3.05) is 0 Å². The summed E-state index contributed by atoms with van der Waals surface area (Å²) in [6.45, 7) is 0. The van der Waals surface area contributed by atoms with Crippen molar-refractivity contribution in [2.24, 2.45) is 0 Å². The van der Waals surface area contributed by atoms with Gasteiger partial charge < -0.3 is 0 Å². The van der Waals surface area contributed by atoms with Gasteiger partial charge in [-0.15, -0.1) is 5.10 Å². The molecule has 1 N–H and O–H groups in total. The van der Waals surface area contributed by atoms with Crippen molar-refractivity contribution < 1.29 is 0 Å². The van der Waals surface area contributed by atoms with Gasteiger partial charge in [0.2, 0.25) is 0 Å². The first-order valence-electron chi connectivity index (χ1n) is 5.34. The number of aromatic nitrogens is 4. The zero-order chi connectivity index (χ0) is 12.4. The van der Waals surface area contributed by atoms with Crippen molar-refractivity contribution >= 4 is 38.6 Å². The number of hydrogen-bond acceptors (Lipinski definition) is 4. The summed E-state index contributed by atoms with van der Waals surface area (Å²) < 4.78 is 1.07. The SMILES string of the molecule is Brc1cc(CSc2cn[nH]n2)c2ncccc2c1. The van der Waals surface area contributed by atoms with E-state index in [2.05, 4.69) is 54.5 Å². The normalized spacial score (nSPS) is 10.9. The first kappa shape index (κ1) is 11.7. The van der Waals surface area contributed by atoms with E-state index in [1.807, 2.05) is 12.3 Å². The molecule has 0 bridgehead atoms. The number of nitrogens with zero attached hydrogens (tertiary/aromatic N) is 3. The number of hydrogen-bond donors (Lipinski definition) is 1. The lowest BCUT2D eigenvalue weighted by Gasteiger charge is -2.05. The second kappa shape index (κ2) is 5.07. The van der Waals surface area contributed by atoms with Gasteiger partial charge in [-0.25, -0.2) is 0 Å². The van der Waals surface area contributed by atoms with Crippen molar-refractivity contribution in [3.05, 3.63) is 46.7 Å². The average molecular weight is 321 g/mol. The fourth-order valence-electron chi connectivity index (χ4n) is 1.75. The van der Waals surface area contributed by atoms with Crippen LogP contribution < -0.4 is 0 Å². The van der Waals surface area contributed by atoms with E-state index >= 15 is 0 Å². The Hall–Kier alpha value is -1.40. The van der Waals surface area contributed by atoms with Gasteiger partial charge in [0.1, 0.15) is 5.03 Å². The van der Waals surface area contributed by atoms with Crippen molar-refractivity contribution in [2.45, 2.75) is 10.8 Å². The number of thioether (sulfide) groups is 1. The fourth-order valence-corrected chi connectivity index (χ4v) is 3.03. The Kier molecular flexibility index (Phi) is 3.29. The van der Waals surface area contributed by atoms with Crippen LogP contribution in [-0.2, 0) is 5.75 Å². The zero-order valence-corrected chi connectivity index (χ0v) is 11.7. The number of aromatic amines is 1. The third kappa shape index (κ3) is 2.39. The van der Waals surface area contributed by atoms with Gasteiger partial charge >= 0.3 is 0 Å². The van der Waals surface area contributed by atoms with Gasteiger partial charge in [-0.3, -0.25) is 4.98 Å². The monoisotopic (exact) mass is 320 g/mol. The maximum Gasteiger partial charge on any atom is 0.139 e. The molecular weight excluding hydrogens is 312 g/mol. The summed E-state index contributed by atoms with van der Waals surface area (Å²) in [6.07, 6.45) is 3.54. The van der Waals surface area contributed by atoms with Crippen LogP contribution >= 0.6 is 27.7 Å². The Labute approximate surface area is 116 Å². The maximum atomic E-state index is 4.44. The highest BCUT2D eigenvalue weighted by atomic mass is 79.9. The van der Waals surface area contributed by atoms with Crippen molar-refractivity contribution in [3.63, 3.8) is 0 Å². The lowest BCUT2D eigenvalue weighted by Crippen LogP contribution is -1.88. The number of H-pyrrole nitrogens is 1. The number of halogens is 1. The van der Waals surface area contributed by atoms with E-state index in [1.54, 1.807) is 18.0 Å². The van der Waals surface area contributed by atoms with Gasteiger partial charge in [0, 0.05) is 21.8 Å². The lowest BCUT2D eigenvalue weighted by atomic mass is 10.1. The Morgan fingerprint density at radius 2 is 2.28 bits per heavy atom. The third-order valence-electron chi connectivity index (χ3n) is 2.52. The molecule has 0 radical (unpaired) electrons. The highest BCUT2D eigenvalue weighted by molar-refractivity contribution is 9.10. The minimum atomic E-state index is 0.819. The molecular formula is C12H9BrN4S. The number of rotatable bonds is 3. The second-order valence-corrected chi connectivity index (χ2v) is 5.65. The molecule has 0 aliphatic rings. The topological polar surface area (TPSA) is 54.5 Å². The summed E-state index contributed by atoms with van der Waals surface area (Å²) in [6, 6.07) is 8.19. The van der Waals surface area contributed by atoms with Gasteiger partial charge in [0.05, 0.1) is 11.7 Å². The van der Waals surface area contributed by atoms with Crippen LogP contribution in [-0.4, -0.2) is 20.4 Å². The Morgan fingerprint density at radius 1 is 1.33 bits per heavy atom. The quantitative estimate of drug-likeness (QED) is 0.751. The first-order chi connectivity index (χ1) is 8.83. The van der Waals surface area contributed by atoms with E-state index < -0.39 is 0 Å². The molecule has 0 atom stereocenters. The molecule has 0 saturated carbocycles. The summed E-state index contributed by atoms with van der Waals surface area (Å²) in [7, 11) is 0. The van der Waals surface area contributed by atoms with Crippen LogP contribution in [0.5, 0.6) is 0 Å². The molecule has 0 amide bonds. The lowest BCUT2D eigenvalue weighted by molar-refractivity contribution is 0.911. The van der Waals surface area contributed by atoms with E-state index in [0.717, 1.165) is 26.2 Å². The maximum absolute atomic E-state index is 4.44. The summed E-state index contributed by atoms with van der Waals surface area (Å²) >= 11 is 5.17. The van der Waals surface area contributed by atoms with E-state index in [0.29, 0.717) is 0 Å². The van der Waals surface area contributed by atoms with E-state index in [1.165, 1.54) is 5.56 Å². The summed E-state index contributed by atoms with van der Waals surface area (Å²) in [4.78, 5) is 4.44. The molecule has 2 aromatic heterocycles. The number of benzene rings is 1. The molecule has 0 aliphatic carbocycles. The second-order valence-electron chi connectivity index (χ2n) is 3.74. The molecule has 6 heteroatoms. The van der Waals surface area contributed by atoms with Crippen molar-refractivity contribution in [1.82, 2.24) is 20.4 Å². The Bertz CT molecular complexity index is 669. The van der Waals surface area contributed by atoms with Gasteiger partial charge in [0.25, 0.3) is 0 Å². The smallest absolute Gasteiger partial charge is 0.139 e. The minimum absolute atomic E-state index is 0.819. The molecule has 0 spiro atoms. The van der Waals surface area contributed by atoms with Crippen LogP contribution in [0, 0.1) is 0 Å². The molecule has 0 aliphatic heterocycles. The standard InChI is InChI=1S/C12H9BrN4S/c13-10-4-8-2-1-3-14-12(8)9(5-10)7-18-11-6-15-17-16-11/h1-6H,7H2,(H,15,16,17). The molecule has 1 aromatic carbocycles. The molecule has 2 heterocycles. The molecule has 90 valence electrons. The molecule has 18 heavy (non-hydrogen) atoms. The van der Waals surface area contributed by atoms with Crippen LogP contribution in [0.2, 0.25) is 0 Å². The number of pyridine rings is 1. The van der Waals surface area contributed by atoms with Crippen LogP contribution in [0.1, 0.15) is 5.56 Å². The summed E-state index contributed by atoms with van der Waals surface area (Å²) in [5.74, 6) is 0.819. The summed E-state index contributed by atoms with van der Waals surface area (Å²) in [5.41, 5.74) is 2.23. The molecule has 3 aromatic rings. The highest BCUT2D eigenvalue weighted by Gasteiger charge is 2.06. The van der Waals surface area contributed by atoms with Crippen molar-refractivity contribution in [3.8, 4) is 0 Å². The van der Waals surface area contributed by atoms with E-state index in [4.69, 9.17) is 0 Å². The van der Waals surface area contributed by atoms with Crippen molar-refractivity contribution in [1.29, 1.82) is 0 Å². The van der Waals surface area contributed by atoms with Gasteiger partial charge in [-0.1, -0.05) is 33.8 Å². The number of fused-ring (bicyclic) bond motifs is 1. The predicted octanol–water partition coefficient (Wildman–Crippen LogP) is 3.41. The Morgan fingerprint density at radius 3 is 3.11 bits per heavy atom. The molecule has 0 saturated heterocycles. The highest BCUT2D eigenvalue weighted by Crippen LogP contribution is 2.27. The van der Waals surface area contributed by atoms with Crippen LogP contribution in [0.4, 0.5) is 0 Å². The molecule has 4 nitrogen and oxygen atoms in total. The molecule has 3 rings (SSSR count). The van der Waals surface area contributed by atoms with Gasteiger partial charge in [0.15, 0.2) is 0 Å². The van der Waals surface area contributed by atoms with Gasteiger partial charge in [-0.2, -0.15) is 10.3 Å². The minimum Gasteiger partial charge on any atom is -0.256 e. The van der Waals surface area contributed by atoms with E-state index in [-0.39, 0.29) is 0 Å². The van der Waals surface area contributed by atoms with Crippen LogP contribution in [0.25, 0.3) is 10.9 Å². The largest absolute Gasteiger partial charge is 0.256 e. The Balaban J connectivity index is 1.95. The average Bonchev–Trinajstić information content (AvgIpc) is 2.89. The zero-order valence-electron chi connectivity index (χ0n) is 9.30. The van der Waals surface area contributed by atoms with Crippen LogP contribution in [0.3, 0.4) is 0 Å². The molecule has 0 fully saturated rings. The van der Waals surface area contributed by atoms with E-state index in [9.17, 15) is 0 Å². The first-order valence-corrected chi connectivity index (χ1v) is 7.12. The van der Waals surface area contributed by atoms with Gasteiger partial charge in [-0.05, 0) is 23.8 Å². The third-order valence-corrected chi connectivity index (χ3v) is 3.92. The predicted molar refractivity (Wildman–Crippen MR) is 75.4 cm³/mol. The van der Waals surface area contributed by atoms with Crippen LogP contribution in [0.15, 0.2) is 46.2 Å². The summed E-state index contributed by atoms with van der Waals surface area (Å²) in [5, 5.41) is 12.5. The fraction of sp³-hybridized carbons (Fsp3) is 0.0833. The molecule has 0 unspecified atom stereocenters. The number of nitrogens with one attached hydrogen (secondary N) is 1.